The number of nitrogens with zero attached hydrogens (tertiary/aromatic N) is 1. The van der Waals surface area contributed by atoms with Gasteiger partial charge in [0, 0.05) is 11.8 Å². The fourth-order valence-electron chi connectivity index (χ4n) is 1.55. The predicted molar refractivity (Wildman–Crippen MR) is 62.8 cm³/mol. The van der Waals surface area contributed by atoms with Gasteiger partial charge in [-0.2, -0.15) is 0 Å². The Morgan fingerprint density at radius 1 is 1.13 bits per heavy atom. The van der Waals surface area contributed by atoms with Gasteiger partial charge in [-0.05, 0) is 29.8 Å². The number of carbonyl (C=O) groups excluding carboxylic acids is 1. The van der Waals surface area contributed by atoms with Crippen LogP contribution in [0.3, 0.4) is 0 Å². The number of rotatable bonds is 2. The van der Waals surface area contributed by atoms with Gasteiger partial charge in [-0.3, -0.25) is 9.79 Å². The average molecular weight is 196 g/mol. The van der Waals surface area contributed by atoms with Crippen molar-refractivity contribution in [2.75, 3.05) is 0 Å². The van der Waals surface area contributed by atoms with Gasteiger partial charge in [0.1, 0.15) is 0 Å². The van der Waals surface area contributed by atoms with E-state index < -0.39 is 0 Å². The standard InChI is InChI=1S/C13H10NO/c1-2-14-13-8-11-6-4-3-5-10(11)7-12(13)9-15/h2-9H,1H2. The molecule has 1 radical (unpaired) electrons. The van der Waals surface area contributed by atoms with Crippen LogP contribution in [0.25, 0.3) is 10.8 Å². The fourth-order valence-corrected chi connectivity index (χ4v) is 1.55. The van der Waals surface area contributed by atoms with Crippen LogP contribution in [0.1, 0.15) is 10.4 Å². The summed E-state index contributed by atoms with van der Waals surface area (Å²) in [5.74, 6) is 0. The van der Waals surface area contributed by atoms with Gasteiger partial charge in [0.05, 0.1) is 5.69 Å². The van der Waals surface area contributed by atoms with Crippen LogP contribution in [0, 0.1) is 6.92 Å². The molecule has 0 aliphatic heterocycles. The monoisotopic (exact) mass is 196 g/mol. The second-order valence-corrected chi connectivity index (χ2v) is 3.19. The van der Waals surface area contributed by atoms with Crippen LogP contribution >= 0.6 is 0 Å². The van der Waals surface area contributed by atoms with E-state index in [-0.39, 0.29) is 0 Å². The highest BCUT2D eigenvalue weighted by Crippen LogP contribution is 2.24. The summed E-state index contributed by atoms with van der Waals surface area (Å²) in [6.07, 6.45) is 2.26. The van der Waals surface area contributed by atoms with Gasteiger partial charge < -0.3 is 0 Å². The highest BCUT2D eigenvalue weighted by molar-refractivity contribution is 5.95. The van der Waals surface area contributed by atoms with Crippen LogP contribution in [0.5, 0.6) is 0 Å². The van der Waals surface area contributed by atoms with Gasteiger partial charge in [0.25, 0.3) is 0 Å². The molecule has 0 aromatic heterocycles. The Labute approximate surface area is 88.3 Å². The quantitative estimate of drug-likeness (QED) is 0.535. The van der Waals surface area contributed by atoms with Crippen molar-refractivity contribution in [2.45, 2.75) is 0 Å². The Balaban J connectivity index is 2.74. The van der Waals surface area contributed by atoms with Crippen LogP contribution in [-0.2, 0) is 0 Å². The first-order chi connectivity index (χ1) is 7.35. The lowest BCUT2D eigenvalue weighted by atomic mass is 10.1. The predicted octanol–water partition coefficient (Wildman–Crippen LogP) is 3.19. The molecular weight excluding hydrogens is 186 g/mol. The van der Waals surface area contributed by atoms with Gasteiger partial charge in [-0.1, -0.05) is 24.3 Å². The summed E-state index contributed by atoms with van der Waals surface area (Å²) < 4.78 is 0. The molecule has 0 aliphatic rings. The molecule has 0 heterocycles. The van der Waals surface area contributed by atoms with E-state index in [1.165, 1.54) is 6.21 Å². The van der Waals surface area contributed by atoms with Crippen molar-refractivity contribution in [1.82, 2.24) is 0 Å². The van der Waals surface area contributed by atoms with Crippen LogP contribution in [-0.4, -0.2) is 12.5 Å². The van der Waals surface area contributed by atoms with Gasteiger partial charge in [-0.25, -0.2) is 0 Å². The van der Waals surface area contributed by atoms with Crippen LogP contribution in [0.15, 0.2) is 41.4 Å². The molecule has 0 fully saturated rings. The maximum Gasteiger partial charge on any atom is 0.152 e. The van der Waals surface area contributed by atoms with Crippen LogP contribution in [0.4, 0.5) is 5.69 Å². The molecule has 0 spiro atoms. The molecule has 2 nitrogen and oxygen atoms in total. The summed E-state index contributed by atoms with van der Waals surface area (Å²) in [5, 5.41) is 2.12. The van der Waals surface area contributed by atoms with E-state index >= 15 is 0 Å². The molecule has 0 amide bonds. The van der Waals surface area contributed by atoms with Crippen molar-refractivity contribution >= 4 is 29.0 Å². The van der Waals surface area contributed by atoms with Crippen molar-refractivity contribution in [3.8, 4) is 0 Å². The fraction of sp³-hybridized carbons (Fsp3) is 0. The summed E-state index contributed by atoms with van der Waals surface area (Å²) in [6, 6.07) is 11.6. The van der Waals surface area contributed by atoms with Crippen LogP contribution < -0.4 is 0 Å². The Kier molecular flexibility index (Phi) is 2.59. The first-order valence-electron chi connectivity index (χ1n) is 4.65. The largest absolute Gasteiger partial charge is 0.298 e. The van der Waals surface area contributed by atoms with Crippen molar-refractivity contribution in [2.24, 2.45) is 4.99 Å². The second-order valence-electron chi connectivity index (χ2n) is 3.19. The molecule has 2 heteroatoms. The van der Waals surface area contributed by atoms with Crippen molar-refractivity contribution < 1.29 is 4.79 Å². The number of hydrogen-bond acceptors (Lipinski definition) is 2. The lowest BCUT2D eigenvalue weighted by molar-refractivity contribution is 0.112. The number of fused-ring (bicyclic) bond motifs is 1. The third-order valence-electron chi connectivity index (χ3n) is 2.25. The Bertz CT molecular complexity index is 529. The summed E-state index contributed by atoms with van der Waals surface area (Å²) in [7, 11) is 0. The minimum atomic E-state index is 0.591. The number of benzene rings is 2. The number of aliphatic imine (C=N–C) groups is 1. The zero-order valence-electron chi connectivity index (χ0n) is 8.18. The van der Waals surface area contributed by atoms with Crippen LogP contribution in [0.2, 0.25) is 0 Å². The molecule has 15 heavy (non-hydrogen) atoms. The topological polar surface area (TPSA) is 29.4 Å². The van der Waals surface area contributed by atoms with E-state index in [0.29, 0.717) is 11.3 Å². The van der Waals surface area contributed by atoms with Crippen molar-refractivity contribution in [3.63, 3.8) is 0 Å². The SMILES string of the molecule is [CH2]C=Nc1cc2ccccc2cc1C=O. The van der Waals surface area contributed by atoms with E-state index in [1.54, 1.807) is 0 Å². The third-order valence-corrected chi connectivity index (χ3v) is 2.25. The zero-order valence-corrected chi connectivity index (χ0v) is 8.18. The van der Waals surface area contributed by atoms with E-state index in [4.69, 9.17) is 0 Å². The molecule has 0 saturated heterocycles. The lowest BCUT2D eigenvalue weighted by Gasteiger charge is -2.02. The Morgan fingerprint density at radius 2 is 1.80 bits per heavy atom. The highest BCUT2D eigenvalue weighted by atomic mass is 16.1. The molecule has 0 N–H and O–H groups in total. The molecule has 0 saturated carbocycles. The van der Waals surface area contributed by atoms with Crippen molar-refractivity contribution in [3.05, 3.63) is 48.9 Å². The van der Waals surface area contributed by atoms with Gasteiger partial charge in [0.2, 0.25) is 0 Å². The molecule has 0 bridgehead atoms. The van der Waals surface area contributed by atoms with Gasteiger partial charge >= 0.3 is 0 Å². The second kappa shape index (κ2) is 4.05. The Morgan fingerprint density at radius 3 is 2.40 bits per heavy atom. The number of carbonyl (C=O) groups is 1. The molecule has 0 aliphatic carbocycles. The van der Waals surface area contributed by atoms with E-state index in [9.17, 15) is 4.79 Å². The summed E-state index contributed by atoms with van der Waals surface area (Å²) >= 11 is 0. The van der Waals surface area contributed by atoms with E-state index in [1.807, 2.05) is 36.4 Å². The Hall–Kier alpha value is -1.96. The first kappa shape index (κ1) is 9.59. The van der Waals surface area contributed by atoms with Gasteiger partial charge in [0.15, 0.2) is 6.29 Å². The summed E-state index contributed by atoms with van der Waals surface area (Å²) in [5.41, 5.74) is 1.26. The molecule has 2 aromatic carbocycles. The average Bonchev–Trinajstić information content (AvgIpc) is 2.28. The molecule has 0 unspecified atom stereocenters. The minimum absolute atomic E-state index is 0.591. The van der Waals surface area contributed by atoms with Crippen molar-refractivity contribution in [1.29, 1.82) is 0 Å². The molecule has 0 atom stereocenters. The van der Waals surface area contributed by atoms with E-state index in [2.05, 4.69) is 11.9 Å². The molecule has 2 aromatic rings. The smallest absolute Gasteiger partial charge is 0.152 e. The molecule has 2 rings (SSSR count). The van der Waals surface area contributed by atoms with E-state index in [0.717, 1.165) is 17.1 Å². The third kappa shape index (κ3) is 1.79. The van der Waals surface area contributed by atoms with Gasteiger partial charge in [-0.15, -0.1) is 0 Å². The number of hydrogen-bond donors (Lipinski definition) is 0. The lowest BCUT2D eigenvalue weighted by Crippen LogP contribution is -1.82. The minimum Gasteiger partial charge on any atom is -0.298 e. The normalized spacial score (nSPS) is 11.0. The maximum absolute atomic E-state index is 10.9. The first-order valence-corrected chi connectivity index (χ1v) is 4.65. The number of aldehydes is 1. The maximum atomic E-state index is 10.9. The summed E-state index contributed by atoms with van der Waals surface area (Å²) in [6.45, 7) is 3.53. The molecular formula is C13H10NO. The summed E-state index contributed by atoms with van der Waals surface area (Å²) in [4.78, 5) is 14.9. The zero-order chi connectivity index (χ0) is 10.7. The highest BCUT2D eigenvalue weighted by Gasteiger charge is 2.01. The molecule has 73 valence electrons.